The number of aromatic nitrogens is 1. The fourth-order valence-corrected chi connectivity index (χ4v) is 5.88. The molecule has 3 aromatic rings. The first-order chi connectivity index (χ1) is 20.7. The van der Waals surface area contributed by atoms with Crippen molar-refractivity contribution in [1.82, 2.24) is 15.2 Å². The zero-order valence-corrected chi connectivity index (χ0v) is 24.6. The summed E-state index contributed by atoms with van der Waals surface area (Å²) in [6.07, 6.45) is 4.34. The van der Waals surface area contributed by atoms with Gasteiger partial charge in [-0.25, -0.2) is 9.00 Å². The lowest BCUT2D eigenvalue weighted by Gasteiger charge is -2.28. The molecule has 1 aliphatic rings. The predicted molar refractivity (Wildman–Crippen MR) is 159 cm³/mol. The third kappa shape index (κ3) is 8.76. The van der Waals surface area contributed by atoms with E-state index in [1.807, 2.05) is 0 Å². The second kappa shape index (κ2) is 14.3. The first-order valence-corrected chi connectivity index (χ1v) is 15.4. The fraction of sp³-hybridized carbons (Fsp3) is 0.300. The molecule has 0 atom stereocenters. The number of urea groups is 1. The first kappa shape index (κ1) is 31.0. The number of hydrogen-bond donors (Lipinski definition) is 2. The predicted octanol–water partition coefficient (Wildman–Crippen LogP) is 3.22. The molecule has 43 heavy (non-hydrogen) atoms. The number of anilines is 1. The van der Waals surface area contributed by atoms with Crippen molar-refractivity contribution in [2.24, 2.45) is 4.36 Å². The highest BCUT2D eigenvalue weighted by Crippen LogP contribution is 2.15. The number of benzene rings is 1. The topological polar surface area (TPSA) is 160 Å². The van der Waals surface area contributed by atoms with Crippen LogP contribution in [0, 0.1) is 18.8 Å². The minimum Gasteiger partial charge on any atom is -0.466 e. The number of hydrogen-bond acceptors (Lipinski definition) is 8. The summed E-state index contributed by atoms with van der Waals surface area (Å²) in [5.41, 5.74) is 2.48. The molecule has 2 aromatic heterocycles. The first-order valence-electron chi connectivity index (χ1n) is 13.5. The summed E-state index contributed by atoms with van der Waals surface area (Å²) < 4.78 is 27.3. The zero-order valence-electron chi connectivity index (χ0n) is 23.8. The molecular formula is C30H31N5O7S. The van der Waals surface area contributed by atoms with Crippen molar-refractivity contribution in [3.63, 3.8) is 0 Å². The van der Waals surface area contributed by atoms with Crippen LogP contribution >= 0.6 is 0 Å². The lowest BCUT2D eigenvalue weighted by atomic mass is 10.1. The van der Waals surface area contributed by atoms with Gasteiger partial charge >= 0.3 is 12.0 Å². The van der Waals surface area contributed by atoms with Gasteiger partial charge in [0.25, 0.3) is 11.8 Å². The molecule has 12 nitrogen and oxygen atoms in total. The third-order valence-electron chi connectivity index (χ3n) is 6.33. The van der Waals surface area contributed by atoms with E-state index in [0.717, 1.165) is 5.56 Å². The number of carbonyl (C=O) groups is 4. The van der Waals surface area contributed by atoms with Gasteiger partial charge in [0.1, 0.15) is 0 Å². The lowest BCUT2D eigenvalue weighted by Crippen LogP contribution is -2.48. The van der Waals surface area contributed by atoms with Crippen LogP contribution in [0.5, 0.6) is 0 Å². The van der Waals surface area contributed by atoms with Crippen LogP contribution in [-0.2, 0) is 19.3 Å². The Morgan fingerprint density at radius 2 is 1.86 bits per heavy atom. The lowest BCUT2D eigenvalue weighted by molar-refractivity contribution is -0.142. The maximum atomic E-state index is 13.2. The molecule has 1 aromatic carbocycles. The minimum absolute atomic E-state index is 0.0450. The molecule has 0 aliphatic carbocycles. The number of ether oxygens (including phenoxy) is 1. The summed E-state index contributed by atoms with van der Waals surface area (Å²) in [6, 6.07) is 9.81. The average molecular weight is 606 g/mol. The highest BCUT2D eigenvalue weighted by molar-refractivity contribution is 7.94. The van der Waals surface area contributed by atoms with Gasteiger partial charge in [0.05, 0.1) is 46.1 Å². The maximum absolute atomic E-state index is 13.2. The normalized spacial score (nSPS) is 13.7. The number of rotatable bonds is 7. The summed E-state index contributed by atoms with van der Waals surface area (Å²) in [5, 5.41) is 5.41. The minimum atomic E-state index is -2.87. The van der Waals surface area contributed by atoms with Gasteiger partial charge < -0.3 is 24.7 Å². The number of aryl methyl sites for hydroxylation is 1. The monoisotopic (exact) mass is 605 g/mol. The standard InChI is InChI=1S/C30H31N5O7S/c1-3-41-26(36)9-11-32-30(39)35-12-15-43(40,16-13-35)34-28(37)24-17-23(19-31-20-24)8-7-22-5-4-6-25(18-22)33-29(38)27-21(2)10-14-42-27/h4-6,10,14,17-20H,3,9,11-13,15-16H2,1-2H3,(H,32,39)(H,33,38). The molecular weight excluding hydrogens is 574 g/mol. The largest absolute Gasteiger partial charge is 0.466 e. The van der Waals surface area contributed by atoms with Crippen molar-refractivity contribution in [3.05, 3.63) is 83.1 Å². The Hall–Kier alpha value is -4.96. The molecule has 0 unspecified atom stereocenters. The fourth-order valence-electron chi connectivity index (χ4n) is 4.07. The van der Waals surface area contributed by atoms with Gasteiger partial charge in [-0.05, 0) is 44.2 Å². The van der Waals surface area contributed by atoms with Crippen molar-refractivity contribution in [2.75, 3.05) is 43.1 Å². The Labute approximate surface area is 249 Å². The van der Waals surface area contributed by atoms with Crippen molar-refractivity contribution in [3.8, 4) is 11.8 Å². The van der Waals surface area contributed by atoms with E-state index in [4.69, 9.17) is 9.15 Å². The van der Waals surface area contributed by atoms with Crippen molar-refractivity contribution in [1.29, 1.82) is 0 Å². The van der Waals surface area contributed by atoms with Crippen LogP contribution in [-0.4, -0.2) is 75.7 Å². The number of nitrogens with one attached hydrogen (secondary N) is 2. The van der Waals surface area contributed by atoms with Crippen LogP contribution in [0.25, 0.3) is 0 Å². The van der Waals surface area contributed by atoms with E-state index in [1.54, 1.807) is 44.2 Å². The number of nitrogens with zero attached hydrogens (tertiary/aromatic N) is 3. The van der Waals surface area contributed by atoms with Crippen LogP contribution in [0.15, 0.2) is 63.8 Å². The van der Waals surface area contributed by atoms with Gasteiger partial charge in [-0.1, -0.05) is 17.9 Å². The van der Waals surface area contributed by atoms with Gasteiger partial charge in [-0.15, -0.1) is 0 Å². The molecule has 1 saturated heterocycles. The molecule has 1 aliphatic heterocycles. The van der Waals surface area contributed by atoms with Crippen LogP contribution < -0.4 is 10.6 Å². The number of esters is 1. The summed E-state index contributed by atoms with van der Waals surface area (Å²) in [4.78, 5) is 54.6. The van der Waals surface area contributed by atoms with Crippen molar-refractivity contribution >= 4 is 39.2 Å². The molecule has 0 saturated carbocycles. The van der Waals surface area contributed by atoms with Gasteiger partial charge in [-0.2, -0.15) is 4.36 Å². The number of amides is 4. The van der Waals surface area contributed by atoms with E-state index in [9.17, 15) is 23.4 Å². The number of carbonyl (C=O) groups excluding carboxylic acids is 4. The average Bonchev–Trinajstić information content (AvgIpc) is 3.42. The molecule has 4 amide bonds. The van der Waals surface area contributed by atoms with E-state index in [-0.39, 0.29) is 67.4 Å². The van der Waals surface area contributed by atoms with Crippen molar-refractivity contribution < 1.29 is 32.5 Å². The summed E-state index contributed by atoms with van der Waals surface area (Å²) >= 11 is 0. The molecule has 3 heterocycles. The van der Waals surface area contributed by atoms with E-state index in [0.29, 0.717) is 16.8 Å². The molecule has 0 radical (unpaired) electrons. The van der Waals surface area contributed by atoms with Crippen LogP contribution in [0.1, 0.15) is 50.9 Å². The zero-order chi connectivity index (χ0) is 30.8. The van der Waals surface area contributed by atoms with E-state index < -0.39 is 21.6 Å². The maximum Gasteiger partial charge on any atom is 0.317 e. The van der Waals surface area contributed by atoms with Gasteiger partial charge in [0.2, 0.25) is 0 Å². The Bertz CT molecular complexity index is 1700. The van der Waals surface area contributed by atoms with Gasteiger partial charge in [-0.3, -0.25) is 19.4 Å². The van der Waals surface area contributed by atoms with Crippen LogP contribution in [0.2, 0.25) is 0 Å². The molecule has 4 rings (SSSR count). The molecule has 2 N–H and O–H groups in total. The molecule has 224 valence electrons. The SMILES string of the molecule is CCOC(=O)CCNC(=O)N1CCS(=O)(=NC(=O)c2cncc(C#Cc3cccc(NC(=O)c4occc4C)c3)c2)CC1. The Balaban J connectivity index is 1.35. The second-order valence-electron chi connectivity index (χ2n) is 9.53. The smallest absolute Gasteiger partial charge is 0.317 e. The van der Waals surface area contributed by atoms with Crippen LogP contribution in [0.4, 0.5) is 10.5 Å². The summed E-state index contributed by atoms with van der Waals surface area (Å²) in [7, 11) is -2.87. The molecule has 0 spiro atoms. The van der Waals surface area contributed by atoms with Crippen molar-refractivity contribution in [2.45, 2.75) is 20.3 Å². The van der Waals surface area contributed by atoms with Gasteiger partial charge in [0.15, 0.2) is 5.76 Å². The molecule has 13 heteroatoms. The summed E-state index contributed by atoms with van der Waals surface area (Å²) in [5.74, 6) is 4.81. The van der Waals surface area contributed by atoms with E-state index in [1.165, 1.54) is 29.6 Å². The second-order valence-corrected chi connectivity index (χ2v) is 12.1. The summed E-state index contributed by atoms with van der Waals surface area (Å²) in [6.45, 7) is 4.20. The molecule has 0 bridgehead atoms. The third-order valence-corrected chi connectivity index (χ3v) is 8.47. The Morgan fingerprint density at radius 1 is 1.09 bits per heavy atom. The quantitative estimate of drug-likeness (QED) is 0.307. The van der Waals surface area contributed by atoms with Gasteiger partial charge in [0, 0.05) is 54.4 Å². The highest BCUT2D eigenvalue weighted by atomic mass is 32.2. The number of pyridine rings is 1. The highest BCUT2D eigenvalue weighted by Gasteiger charge is 2.25. The van der Waals surface area contributed by atoms with Crippen LogP contribution in [0.3, 0.4) is 0 Å². The number of furan rings is 1. The molecule has 1 fully saturated rings. The Morgan fingerprint density at radius 3 is 2.58 bits per heavy atom. The Kier molecular flexibility index (Phi) is 10.3. The van der Waals surface area contributed by atoms with E-state index in [2.05, 4.69) is 31.8 Å². The van der Waals surface area contributed by atoms with E-state index >= 15 is 0 Å².